The number of hydrogen-bond donors (Lipinski definition) is 0. The maximum Gasteiger partial charge on any atom is 0.185 e. The third-order valence-electron chi connectivity index (χ3n) is 1.81. The van der Waals surface area contributed by atoms with E-state index in [4.69, 9.17) is 0 Å². The molecule has 5 heteroatoms. The standard InChI is InChI=1S/C9H14N2OS2/c1-7(12)8-6-14-9(10-8)11(2)4-5-13-3/h6H,4-5H2,1-3H3. The highest BCUT2D eigenvalue weighted by molar-refractivity contribution is 7.98. The van der Waals surface area contributed by atoms with E-state index in [0.717, 1.165) is 17.4 Å². The Labute approximate surface area is 92.5 Å². The van der Waals surface area contributed by atoms with Gasteiger partial charge in [-0.2, -0.15) is 11.8 Å². The quantitative estimate of drug-likeness (QED) is 0.726. The highest BCUT2D eigenvalue weighted by Crippen LogP contribution is 2.19. The lowest BCUT2D eigenvalue weighted by atomic mass is 10.4. The SMILES string of the molecule is CSCCN(C)c1nc(C(C)=O)cs1. The second-order valence-corrected chi connectivity index (χ2v) is 4.81. The van der Waals surface area contributed by atoms with Crippen molar-refractivity contribution in [3.8, 4) is 0 Å². The highest BCUT2D eigenvalue weighted by Gasteiger charge is 2.08. The Kier molecular flexibility index (Phi) is 4.41. The number of carbonyl (C=O) groups excluding carboxylic acids is 1. The fraction of sp³-hybridized carbons (Fsp3) is 0.556. The van der Waals surface area contributed by atoms with Crippen molar-refractivity contribution in [3.63, 3.8) is 0 Å². The molecule has 0 bridgehead atoms. The Bertz CT molecular complexity index is 312. The van der Waals surface area contributed by atoms with E-state index >= 15 is 0 Å². The van der Waals surface area contributed by atoms with Crippen LogP contribution in [0.25, 0.3) is 0 Å². The average molecular weight is 230 g/mol. The molecule has 1 aromatic rings. The third kappa shape index (κ3) is 2.99. The summed E-state index contributed by atoms with van der Waals surface area (Å²) in [5, 5.41) is 2.73. The Hall–Kier alpha value is -0.550. The molecule has 0 spiro atoms. The van der Waals surface area contributed by atoms with Gasteiger partial charge >= 0.3 is 0 Å². The molecule has 0 amide bonds. The minimum Gasteiger partial charge on any atom is -0.350 e. The maximum absolute atomic E-state index is 11.0. The largest absolute Gasteiger partial charge is 0.350 e. The van der Waals surface area contributed by atoms with E-state index in [0.29, 0.717) is 5.69 Å². The normalized spacial score (nSPS) is 10.2. The summed E-state index contributed by atoms with van der Waals surface area (Å²) >= 11 is 3.33. The molecule has 0 aromatic carbocycles. The van der Waals surface area contributed by atoms with Gasteiger partial charge in [0.05, 0.1) is 0 Å². The van der Waals surface area contributed by atoms with Crippen LogP contribution in [0.1, 0.15) is 17.4 Å². The lowest BCUT2D eigenvalue weighted by Gasteiger charge is -2.14. The second-order valence-electron chi connectivity index (χ2n) is 2.99. The molecule has 0 atom stereocenters. The summed E-state index contributed by atoms with van der Waals surface area (Å²) in [6, 6.07) is 0. The van der Waals surface area contributed by atoms with Crippen LogP contribution >= 0.6 is 23.1 Å². The Balaban J connectivity index is 2.61. The van der Waals surface area contributed by atoms with Gasteiger partial charge in [-0.1, -0.05) is 0 Å². The van der Waals surface area contributed by atoms with Crippen molar-refractivity contribution in [1.82, 2.24) is 4.98 Å². The highest BCUT2D eigenvalue weighted by atomic mass is 32.2. The fourth-order valence-corrected chi connectivity index (χ4v) is 2.24. The van der Waals surface area contributed by atoms with Crippen molar-refractivity contribution in [2.45, 2.75) is 6.92 Å². The van der Waals surface area contributed by atoms with Crippen molar-refractivity contribution in [2.75, 3.05) is 30.5 Å². The van der Waals surface area contributed by atoms with Crippen molar-refractivity contribution in [1.29, 1.82) is 0 Å². The number of thiazole rings is 1. The fourth-order valence-electron chi connectivity index (χ4n) is 0.925. The molecule has 1 aromatic heterocycles. The summed E-state index contributed by atoms with van der Waals surface area (Å²) in [7, 11) is 2.00. The van der Waals surface area contributed by atoms with Gasteiger partial charge in [-0.15, -0.1) is 11.3 Å². The van der Waals surface area contributed by atoms with E-state index in [1.54, 1.807) is 18.7 Å². The van der Waals surface area contributed by atoms with Crippen LogP contribution in [-0.4, -0.2) is 36.4 Å². The lowest BCUT2D eigenvalue weighted by Crippen LogP contribution is -2.20. The molecule has 0 saturated carbocycles. The number of ketones is 1. The first kappa shape index (κ1) is 11.5. The first-order valence-electron chi connectivity index (χ1n) is 4.31. The minimum absolute atomic E-state index is 0.0331. The van der Waals surface area contributed by atoms with Gasteiger partial charge in [0, 0.05) is 31.6 Å². The summed E-state index contributed by atoms with van der Waals surface area (Å²) in [5.74, 6) is 1.11. The Morgan fingerprint density at radius 2 is 2.43 bits per heavy atom. The molecule has 3 nitrogen and oxygen atoms in total. The van der Waals surface area contributed by atoms with E-state index in [2.05, 4.69) is 16.1 Å². The van der Waals surface area contributed by atoms with Crippen LogP contribution in [0.3, 0.4) is 0 Å². The summed E-state index contributed by atoms with van der Waals surface area (Å²) < 4.78 is 0. The van der Waals surface area contributed by atoms with Crippen molar-refractivity contribution in [3.05, 3.63) is 11.1 Å². The first-order chi connectivity index (χ1) is 6.65. The van der Waals surface area contributed by atoms with E-state index in [-0.39, 0.29) is 5.78 Å². The zero-order chi connectivity index (χ0) is 10.6. The number of thioether (sulfide) groups is 1. The van der Waals surface area contributed by atoms with Gasteiger partial charge in [-0.3, -0.25) is 4.79 Å². The number of aromatic nitrogens is 1. The summed E-state index contributed by atoms with van der Waals surface area (Å²) in [5.41, 5.74) is 0.570. The molecule has 0 aliphatic rings. The number of Topliss-reactive ketones (excluding diaryl/α,β-unsaturated/α-hetero) is 1. The Morgan fingerprint density at radius 3 is 2.93 bits per heavy atom. The van der Waals surface area contributed by atoms with Gasteiger partial charge in [0.1, 0.15) is 5.69 Å². The van der Waals surface area contributed by atoms with Gasteiger partial charge in [0.25, 0.3) is 0 Å². The molecule has 0 aliphatic carbocycles. The van der Waals surface area contributed by atoms with Gasteiger partial charge in [-0.05, 0) is 6.26 Å². The van der Waals surface area contributed by atoms with E-state index in [9.17, 15) is 4.79 Å². The molecule has 14 heavy (non-hydrogen) atoms. The van der Waals surface area contributed by atoms with Crippen molar-refractivity contribution >= 4 is 34.0 Å². The lowest BCUT2D eigenvalue weighted by molar-refractivity contribution is 0.101. The van der Waals surface area contributed by atoms with Crippen LogP contribution in [0, 0.1) is 0 Å². The monoisotopic (exact) mass is 230 g/mol. The minimum atomic E-state index is 0.0331. The zero-order valence-corrected chi connectivity index (χ0v) is 10.2. The summed E-state index contributed by atoms with van der Waals surface area (Å²) in [6.07, 6.45) is 2.08. The average Bonchev–Trinajstić information content (AvgIpc) is 2.62. The van der Waals surface area contributed by atoms with Crippen molar-refractivity contribution < 1.29 is 4.79 Å². The van der Waals surface area contributed by atoms with Crippen LogP contribution in [-0.2, 0) is 0 Å². The van der Waals surface area contributed by atoms with Crippen LogP contribution in [0.5, 0.6) is 0 Å². The van der Waals surface area contributed by atoms with E-state index in [1.807, 2.05) is 12.4 Å². The third-order valence-corrected chi connectivity index (χ3v) is 3.36. The predicted molar refractivity (Wildman–Crippen MR) is 63.8 cm³/mol. The Morgan fingerprint density at radius 1 is 1.71 bits per heavy atom. The maximum atomic E-state index is 11.0. The number of rotatable bonds is 5. The number of anilines is 1. The summed E-state index contributed by atoms with van der Waals surface area (Å²) in [6.45, 7) is 2.51. The zero-order valence-electron chi connectivity index (χ0n) is 8.61. The predicted octanol–water partition coefficient (Wildman–Crippen LogP) is 2.14. The smallest absolute Gasteiger partial charge is 0.185 e. The first-order valence-corrected chi connectivity index (χ1v) is 6.59. The van der Waals surface area contributed by atoms with Gasteiger partial charge in [0.2, 0.25) is 0 Å². The van der Waals surface area contributed by atoms with Crippen LogP contribution in [0.2, 0.25) is 0 Å². The van der Waals surface area contributed by atoms with Gasteiger partial charge in [0.15, 0.2) is 10.9 Å². The molecular weight excluding hydrogens is 216 g/mol. The molecule has 1 rings (SSSR count). The van der Waals surface area contributed by atoms with Gasteiger partial charge in [-0.25, -0.2) is 4.98 Å². The van der Waals surface area contributed by atoms with Crippen molar-refractivity contribution in [2.24, 2.45) is 0 Å². The molecule has 1 heterocycles. The summed E-state index contributed by atoms with van der Waals surface area (Å²) in [4.78, 5) is 17.3. The van der Waals surface area contributed by atoms with Crippen LogP contribution in [0.4, 0.5) is 5.13 Å². The molecule has 0 radical (unpaired) electrons. The van der Waals surface area contributed by atoms with Crippen LogP contribution in [0.15, 0.2) is 5.38 Å². The van der Waals surface area contributed by atoms with Gasteiger partial charge < -0.3 is 4.90 Å². The molecule has 0 aliphatic heterocycles. The topological polar surface area (TPSA) is 33.2 Å². The van der Waals surface area contributed by atoms with Crippen LogP contribution < -0.4 is 4.90 Å². The number of hydrogen-bond acceptors (Lipinski definition) is 5. The number of nitrogens with zero attached hydrogens (tertiary/aromatic N) is 2. The molecule has 0 unspecified atom stereocenters. The molecule has 0 saturated heterocycles. The second kappa shape index (κ2) is 5.36. The molecule has 0 N–H and O–H groups in total. The number of carbonyl (C=O) groups is 1. The molecule has 0 fully saturated rings. The van der Waals surface area contributed by atoms with E-state index in [1.165, 1.54) is 11.3 Å². The van der Waals surface area contributed by atoms with E-state index < -0.39 is 0 Å². The molecular formula is C9H14N2OS2. The molecule has 78 valence electrons.